The fraction of sp³-hybridized carbons (Fsp3) is 0.250. The Labute approximate surface area is 224 Å². The van der Waals surface area contributed by atoms with Gasteiger partial charge in [0, 0.05) is 55.1 Å². The quantitative estimate of drug-likeness (QED) is 0.220. The van der Waals surface area contributed by atoms with Crippen molar-refractivity contribution in [2.75, 3.05) is 11.9 Å². The molecule has 2 heterocycles. The van der Waals surface area contributed by atoms with Crippen molar-refractivity contribution in [2.45, 2.75) is 43.6 Å². The van der Waals surface area contributed by atoms with Gasteiger partial charge in [-0.3, -0.25) is 4.79 Å². The molecule has 0 aliphatic carbocycles. The van der Waals surface area contributed by atoms with Crippen molar-refractivity contribution in [3.05, 3.63) is 112 Å². The van der Waals surface area contributed by atoms with Gasteiger partial charge < -0.3 is 15.2 Å². The molecule has 2 aromatic heterocycles. The fourth-order valence-electron chi connectivity index (χ4n) is 3.70. The number of halogens is 1. The average Bonchev–Trinajstić information content (AvgIpc) is 2.91. The van der Waals surface area contributed by atoms with Crippen LogP contribution in [0.3, 0.4) is 0 Å². The molecule has 4 rings (SSSR count). The molecule has 0 radical (unpaired) electrons. The Morgan fingerprint density at radius 3 is 2.42 bits per heavy atom. The first-order chi connectivity index (χ1) is 18.4. The normalized spacial score (nSPS) is 10.9. The molecular formula is C28H29FN6O2S. The molecular weight excluding hydrogens is 503 g/mol. The highest BCUT2D eigenvalue weighted by molar-refractivity contribution is 7.98. The highest BCUT2D eigenvalue weighted by Crippen LogP contribution is 2.21. The summed E-state index contributed by atoms with van der Waals surface area (Å²) in [4.78, 5) is 37.6. The molecule has 0 saturated carbocycles. The lowest BCUT2D eigenvalue weighted by Gasteiger charge is -2.15. The Hall–Kier alpha value is -4.05. The van der Waals surface area contributed by atoms with E-state index in [4.69, 9.17) is 0 Å². The van der Waals surface area contributed by atoms with E-state index < -0.39 is 0 Å². The number of carbonyl (C=O) groups excluding carboxylic acids is 1. The highest BCUT2D eigenvalue weighted by atomic mass is 32.2. The van der Waals surface area contributed by atoms with Gasteiger partial charge in [0.15, 0.2) is 5.16 Å². The Morgan fingerprint density at radius 2 is 1.74 bits per heavy atom. The van der Waals surface area contributed by atoms with E-state index in [9.17, 15) is 14.0 Å². The molecule has 2 N–H and O–H groups in total. The van der Waals surface area contributed by atoms with Crippen LogP contribution in [0.15, 0.2) is 83.4 Å². The molecule has 0 fully saturated rings. The van der Waals surface area contributed by atoms with E-state index in [0.29, 0.717) is 47.6 Å². The number of benzene rings is 2. The van der Waals surface area contributed by atoms with Crippen molar-refractivity contribution >= 4 is 23.5 Å². The lowest BCUT2D eigenvalue weighted by Crippen LogP contribution is -2.32. The van der Waals surface area contributed by atoms with E-state index in [-0.39, 0.29) is 17.4 Å². The van der Waals surface area contributed by atoms with Crippen LogP contribution in [0.25, 0.3) is 0 Å². The van der Waals surface area contributed by atoms with Crippen LogP contribution in [0, 0.1) is 5.82 Å². The number of amides is 2. The number of rotatable bonds is 10. The third-order valence-corrected chi connectivity index (χ3v) is 6.85. The molecule has 2 aromatic carbocycles. The molecule has 196 valence electrons. The summed E-state index contributed by atoms with van der Waals surface area (Å²) < 4.78 is 15.1. The van der Waals surface area contributed by atoms with Crippen molar-refractivity contribution in [3.63, 3.8) is 0 Å². The smallest absolute Gasteiger partial charge is 0.319 e. The molecule has 10 heteroatoms. The van der Waals surface area contributed by atoms with Gasteiger partial charge in [-0.1, -0.05) is 49.9 Å². The predicted molar refractivity (Wildman–Crippen MR) is 147 cm³/mol. The van der Waals surface area contributed by atoms with Crippen molar-refractivity contribution in [3.8, 4) is 0 Å². The van der Waals surface area contributed by atoms with Crippen molar-refractivity contribution < 1.29 is 9.18 Å². The first kappa shape index (κ1) is 27.0. The first-order valence-electron chi connectivity index (χ1n) is 12.2. The standard InChI is InChI=1S/C28H29FN6O2S/c1-19(2)22-5-9-25(10-6-22)33-27(37)32-11-12-35-16-23(13-21-14-30-18-31-15-21)26(36)34-28(35)38-17-20-3-7-24(29)8-4-20/h3-10,14-16,18-19H,11-13,17H2,1-2H3,(H2,32,33,37). The molecule has 0 unspecified atom stereocenters. The average molecular weight is 533 g/mol. The zero-order valence-electron chi connectivity index (χ0n) is 21.2. The van der Waals surface area contributed by atoms with E-state index in [0.717, 1.165) is 11.1 Å². The van der Waals surface area contributed by atoms with Crippen LogP contribution >= 0.6 is 11.8 Å². The molecule has 0 bridgehead atoms. The maximum Gasteiger partial charge on any atom is 0.319 e. The minimum absolute atomic E-state index is 0.303. The van der Waals surface area contributed by atoms with Crippen LogP contribution in [0.1, 0.15) is 42.0 Å². The lowest BCUT2D eigenvalue weighted by molar-refractivity contribution is 0.251. The van der Waals surface area contributed by atoms with Gasteiger partial charge in [0.2, 0.25) is 0 Å². The van der Waals surface area contributed by atoms with E-state index in [1.54, 1.807) is 30.7 Å². The molecule has 0 aliphatic heterocycles. The minimum Gasteiger partial charge on any atom is -0.336 e. The van der Waals surface area contributed by atoms with Crippen LogP contribution in [0.4, 0.5) is 14.9 Å². The number of thioether (sulfide) groups is 1. The molecule has 0 saturated heterocycles. The van der Waals surface area contributed by atoms with Gasteiger partial charge in [0.1, 0.15) is 12.1 Å². The number of carbonyl (C=O) groups is 1. The maximum absolute atomic E-state index is 13.3. The molecule has 2 amide bonds. The number of nitrogens with zero attached hydrogens (tertiary/aromatic N) is 4. The van der Waals surface area contributed by atoms with Crippen LogP contribution in [0.5, 0.6) is 0 Å². The van der Waals surface area contributed by atoms with Crippen molar-refractivity contribution in [2.24, 2.45) is 0 Å². The summed E-state index contributed by atoms with van der Waals surface area (Å²) in [5.41, 5.74) is 3.78. The Kier molecular flexibility index (Phi) is 9.21. The molecule has 0 aliphatic rings. The summed E-state index contributed by atoms with van der Waals surface area (Å²) in [7, 11) is 0. The highest BCUT2D eigenvalue weighted by Gasteiger charge is 2.12. The van der Waals surface area contributed by atoms with Crippen LogP contribution < -0.4 is 16.2 Å². The zero-order chi connectivity index (χ0) is 26.9. The van der Waals surface area contributed by atoms with Crippen molar-refractivity contribution in [1.29, 1.82) is 0 Å². The second-order valence-electron chi connectivity index (χ2n) is 9.04. The molecule has 38 heavy (non-hydrogen) atoms. The van der Waals surface area contributed by atoms with Gasteiger partial charge in [-0.2, -0.15) is 4.98 Å². The summed E-state index contributed by atoms with van der Waals surface area (Å²) in [5.74, 6) is 0.625. The SMILES string of the molecule is CC(C)c1ccc(NC(=O)NCCn2cc(Cc3cncnc3)c(=O)nc2SCc2ccc(F)cc2)cc1. The maximum atomic E-state index is 13.3. The number of anilines is 1. The number of hydrogen-bond acceptors (Lipinski definition) is 6. The molecule has 0 atom stereocenters. The number of hydrogen-bond donors (Lipinski definition) is 2. The summed E-state index contributed by atoms with van der Waals surface area (Å²) in [5, 5.41) is 6.21. The molecule has 4 aromatic rings. The minimum atomic E-state index is -0.331. The van der Waals surface area contributed by atoms with E-state index in [2.05, 4.69) is 39.4 Å². The summed E-state index contributed by atoms with van der Waals surface area (Å²) in [6, 6.07) is 13.6. The lowest BCUT2D eigenvalue weighted by atomic mass is 10.0. The largest absolute Gasteiger partial charge is 0.336 e. The topological polar surface area (TPSA) is 102 Å². The van der Waals surface area contributed by atoms with Gasteiger partial charge in [-0.25, -0.2) is 19.2 Å². The summed E-state index contributed by atoms with van der Waals surface area (Å²) >= 11 is 1.38. The van der Waals surface area contributed by atoms with E-state index in [1.807, 2.05) is 28.8 Å². The van der Waals surface area contributed by atoms with Crippen LogP contribution in [-0.2, 0) is 18.7 Å². The van der Waals surface area contributed by atoms with Gasteiger partial charge in [0.05, 0.1) is 0 Å². The number of nitrogens with one attached hydrogen (secondary N) is 2. The van der Waals surface area contributed by atoms with Gasteiger partial charge in [-0.15, -0.1) is 0 Å². The zero-order valence-corrected chi connectivity index (χ0v) is 22.0. The Balaban J connectivity index is 1.44. The van der Waals surface area contributed by atoms with Crippen LogP contribution in [0.2, 0.25) is 0 Å². The Morgan fingerprint density at radius 1 is 1.03 bits per heavy atom. The van der Waals surface area contributed by atoms with Gasteiger partial charge >= 0.3 is 6.03 Å². The second-order valence-corrected chi connectivity index (χ2v) is 9.99. The van der Waals surface area contributed by atoms with E-state index in [1.165, 1.54) is 35.8 Å². The number of aromatic nitrogens is 4. The van der Waals surface area contributed by atoms with E-state index >= 15 is 0 Å². The Bertz CT molecular complexity index is 1410. The first-order valence-corrected chi connectivity index (χ1v) is 13.2. The monoisotopic (exact) mass is 532 g/mol. The third-order valence-electron chi connectivity index (χ3n) is 5.79. The predicted octanol–water partition coefficient (Wildman–Crippen LogP) is 5.00. The summed E-state index contributed by atoms with van der Waals surface area (Å²) in [6.45, 7) is 4.95. The van der Waals surface area contributed by atoms with Crippen LogP contribution in [-0.4, -0.2) is 32.1 Å². The number of urea groups is 1. The van der Waals surface area contributed by atoms with Gasteiger partial charge in [0.25, 0.3) is 5.56 Å². The molecule has 8 nitrogen and oxygen atoms in total. The second kappa shape index (κ2) is 13.0. The summed E-state index contributed by atoms with van der Waals surface area (Å²) in [6.07, 6.45) is 6.86. The van der Waals surface area contributed by atoms with Crippen molar-refractivity contribution in [1.82, 2.24) is 24.8 Å². The molecule has 0 spiro atoms. The third kappa shape index (κ3) is 7.72. The fourth-order valence-corrected chi connectivity index (χ4v) is 4.65. The van der Waals surface area contributed by atoms with Gasteiger partial charge in [-0.05, 0) is 46.9 Å².